The molecule has 1 heterocycles. The topological polar surface area (TPSA) is 54.0 Å². The van der Waals surface area contributed by atoms with Crippen molar-refractivity contribution in [3.8, 4) is 0 Å². The molecule has 0 unspecified atom stereocenters. The molecular formula is C14H19N3OS. The second-order valence-electron chi connectivity index (χ2n) is 4.84. The van der Waals surface area contributed by atoms with E-state index >= 15 is 0 Å². The highest BCUT2D eigenvalue weighted by molar-refractivity contribution is 7.22. The van der Waals surface area contributed by atoms with Crippen LogP contribution in [0.25, 0.3) is 10.2 Å². The zero-order chi connectivity index (χ0) is 13.8. The molecule has 0 aliphatic carbocycles. The number of rotatable bonds is 5. The van der Waals surface area contributed by atoms with Crippen molar-refractivity contribution in [2.75, 3.05) is 11.9 Å². The Balaban J connectivity index is 1.92. The number of thiazole rings is 1. The van der Waals surface area contributed by atoms with E-state index in [1.54, 1.807) is 11.3 Å². The third-order valence-corrected chi connectivity index (χ3v) is 3.68. The van der Waals surface area contributed by atoms with E-state index in [0.29, 0.717) is 13.0 Å². The molecule has 2 aromatic rings. The molecule has 4 nitrogen and oxygen atoms in total. The van der Waals surface area contributed by atoms with E-state index in [9.17, 15) is 4.79 Å². The van der Waals surface area contributed by atoms with Gasteiger partial charge in [0.25, 0.3) is 0 Å². The molecule has 2 rings (SSSR count). The van der Waals surface area contributed by atoms with Gasteiger partial charge in [0.2, 0.25) is 5.91 Å². The van der Waals surface area contributed by atoms with Crippen LogP contribution in [0.1, 0.15) is 25.8 Å². The first kappa shape index (κ1) is 13.8. The lowest BCUT2D eigenvalue weighted by Gasteiger charge is -2.08. The summed E-state index contributed by atoms with van der Waals surface area (Å²) in [5.41, 5.74) is 2.22. The summed E-state index contributed by atoms with van der Waals surface area (Å²) >= 11 is 1.62. The monoisotopic (exact) mass is 277 g/mol. The van der Waals surface area contributed by atoms with E-state index in [1.807, 2.05) is 19.9 Å². The van der Waals surface area contributed by atoms with Crippen LogP contribution in [-0.4, -0.2) is 23.5 Å². The Bertz CT molecular complexity index is 577. The van der Waals surface area contributed by atoms with Gasteiger partial charge < -0.3 is 10.6 Å². The Morgan fingerprint density at radius 1 is 1.42 bits per heavy atom. The number of carbonyl (C=O) groups is 1. The van der Waals surface area contributed by atoms with Gasteiger partial charge in [-0.05, 0) is 32.4 Å². The first-order valence-corrected chi connectivity index (χ1v) is 7.27. The van der Waals surface area contributed by atoms with Crippen molar-refractivity contribution in [1.82, 2.24) is 10.3 Å². The number of hydrogen-bond donors (Lipinski definition) is 2. The molecule has 0 aliphatic heterocycles. The number of nitrogens with one attached hydrogen (secondary N) is 2. The van der Waals surface area contributed by atoms with Crippen LogP contribution in [-0.2, 0) is 4.79 Å². The van der Waals surface area contributed by atoms with E-state index in [1.165, 1.54) is 10.3 Å². The smallest absolute Gasteiger partial charge is 0.221 e. The fraction of sp³-hybridized carbons (Fsp3) is 0.429. The Labute approximate surface area is 117 Å². The Morgan fingerprint density at radius 3 is 2.89 bits per heavy atom. The first-order chi connectivity index (χ1) is 9.06. The van der Waals surface area contributed by atoms with Crippen LogP contribution in [0.2, 0.25) is 0 Å². The first-order valence-electron chi connectivity index (χ1n) is 6.45. The molecule has 5 heteroatoms. The summed E-state index contributed by atoms with van der Waals surface area (Å²) in [5.74, 6) is 0.0693. The van der Waals surface area contributed by atoms with Crippen molar-refractivity contribution < 1.29 is 4.79 Å². The summed E-state index contributed by atoms with van der Waals surface area (Å²) in [6.07, 6.45) is 0.465. The lowest BCUT2D eigenvalue weighted by Crippen LogP contribution is -2.31. The summed E-state index contributed by atoms with van der Waals surface area (Å²) in [7, 11) is 0. The van der Waals surface area contributed by atoms with Crippen molar-refractivity contribution in [3.05, 3.63) is 23.8 Å². The zero-order valence-corrected chi connectivity index (χ0v) is 12.3. The summed E-state index contributed by atoms with van der Waals surface area (Å²) in [6, 6.07) is 6.35. The minimum absolute atomic E-state index is 0.0693. The molecule has 1 aromatic carbocycles. The van der Waals surface area contributed by atoms with E-state index < -0.39 is 0 Å². The summed E-state index contributed by atoms with van der Waals surface area (Å²) in [5, 5.41) is 6.96. The maximum absolute atomic E-state index is 11.5. The predicted octanol–water partition coefficient (Wildman–Crippen LogP) is 2.93. The van der Waals surface area contributed by atoms with Gasteiger partial charge in [0.1, 0.15) is 0 Å². The maximum Gasteiger partial charge on any atom is 0.221 e. The fourth-order valence-corrected chi connectivity index (χ4v) is 2.81. The average Bonchev–Trinajstić information content (AvgIpc) is 2.72. The third kappa shape index (κ3) is 3.67. The molecule has 0 aliphatic rings. The molecule has 19 heavy (non-hydrogen) atoms. The van der Waals surface area contributed by atoms with Gasteiger partial charge in [-0.3, -0.25) is 4.79 Å². The molecular weight excluding hydrogens is 258 g/mol. The van der Waals surface area contributed by atoms with Crippen molar-refractivity contribution in [2.45, 2.75) is 33.2 Å². The molecule has 0 saturated heterocycles. The standard InChI is InChI=1S/C14H19N3OS/c1-9(2)16-12(18)7-8-15-14-17-13-10(3)5-4-6-11(13)19-14/h4-6,9H,7-8H2,1-3H3,(H,15,17)(H,16,18). The number of aromatic nitrogens is 1. The van der Waals surface area contributed by atoms with Crippen LogP contribution >= 0.6 is 11.3 Å². The normalized spacial score (nSPS) is 10.9. The minimum atomic E-state index is 0.0693. The maximum atomic E-state index is 11.5. The number of para-hydroxylation sites is 1. The minimum Gasteiger partial charge on any atom is -0.361 e. The van der Waals surface area contributed by atoms with Crippen LogP contribution in [0.3, 0.4) is 0 Å². The van der Waals surface area contributed by atoms with Gasteiger partial charge in [-0.2, -0.15) is 0 Å². The predicted molar refractivity (Wildman–Crippen MR) is 80.7 cm³/mol. The molecule has 1 amide bonds. The van der Waals surface area contributed by atoms with E-state index in [-0.39, 0.29) is 11.9 Å². The molecule has 0 atom stereocenters. The average molecular weight is 277 g/mol. The van der Waals surface area contributed by atoms with E-state index in [0.717, 1.165) is 10.6 Å². The van der Waals surface area contributed by atoms with Gasteiger partial charge in [-0.15, -0.1) is 0 Å². The highest BCUT2D eigenvalue weighted by atomic mass is 32.1. The van der Waals surface area contributed by atoms with Gasteiger partial charge in [0.05, 0.1) is 10.2 Å². The number of fused-ring (bicyclic) bond motifs is 1. The molecule has 1 aromatic heterocycles. The van der Waals surface area contributed by atoms with E-state index in [4.69, 9.17) is 0 Å². The van der Waals surface area contributed by atoms with Crippen LogP contribution in [0.15, 0.2) is 18.2 Å². The number of benzene rings is 1. The van der Waals surface area contributed by atoms with Crippen LogP contribution in [0.5, 0.6) is 0 Å². The molecule has 0 spiro atoms. The fourth-order valence-electron chi connectivity index (χ4n) is 1.84. The van der Waals surface area contributed by atoms with Crippen molar-refractivity contribution in [3.63, 3.8) is 0 Å². The summed E-state index contributed by atoms with van der Waals surface area (Å²) in [4.78, 5) is 16.0. The SMILES string of the molecule is Cc1cccc2sc(NCCC(=O)NC(C)C)nc12. The van der Waals surface area contributed by atoms with E-state index in [2.05, 4.69) is 34.7 Å². The second kappa shape index (κ2) is 6.02. The van der Waals surface area contributed by atoms with Gasteiger partial charge in [0, 0.05) is 19.0 Å². The number of aryl methyl sites for hydroxylation is 1. The largest absolute Gasteiger partial charge is 0.361 e. The number of anilines is 1. The van der Waals surface area contributed by atoms with Crippen LogP contribution < -0.4 is 10.6 Å². The van der Waals surface area contributed by atoms with Crippen LogP contribution in [0, 0.1) is 6.92 Å². The zero-order valence-electron chi connectivity index (χ0n) is 11.5. The number of carbonyl (C=O) groups excluding carboxylic acids is 1. The lowest BCUT2D eigenvalue weighted by molar-refractivity contribution is -0.121. The van der Waals surface area contributed by atoms with Crippen molar-refractivity contribution in [1.29, 1.82) is 0 Å². The Hall–Kier alpha value is -1.62. The number of amides is 1. The quantitative estimate of drug-likeness (QED) is 0.883. The van der Waals surface area contributed by atoms with Gasteiger partial charge in [-0.1, -0.05) is 23.5 Å². The molecule has 2 N–H and O–H groups in total. The van der Waals surface area contributed by atoms with Crippen LogP contribution in [0.4, 0.5) is 5.13 Å². The van der Waals surface area contributed by atoms with Gasteiger partial charge >= 0.3 is 0 Å². The lowest BCUT2D eigenvalue weighted by atomic mass is 10.2. The second-order valence-corrected chi connectivity index (χ2v) is 5.87. The number of hydrogen-bond acceptors (Lipinski definition) is 4. The van der Waals surface area contributed by atoms with Crippen molar-refractivity contribution >= 4 is 32.6 Å². The molecule has 0 saturated carbocycles. The Kier molecular flexibility index (Phi) is 4.37. The highest BCUT2D eigenvalue weighted by Crippen LogP contribution is 2.27. The summed E-state index contributed by atoms with van der Waals surface area (Å²) < 4.78 is 1.18. The van der Waals surface area contributed by atoms with Gasteiger partial charge in [0.15, 0.2) is 5.13 Å². The van der Waals surface area contributed by atoms with Gasteiger partial charge in [-0.25, -0.2) is 4.98 Å². The van der Waals surface area contributed by atoms with Crippen molar-refractivity contribution in [2.24, 2.45) is 0 Å². The molecule has 0 bridgehead atoms. The summed E-state index contributed by atoms with van der Waals surface area (Å²) in [6.45, 7) is 6.59. The third-order valence-electron chi connectivity index (χ3n) is 2.70. The number of nitrogens with zero attached hydrogens (tertiary/aromatic N) is 1. The molecule has 0 fully saturated rings. The molecule has 0 radical (unpaired) electrons. The molecule has 102 valence electrons. The highest BCUT2D eigenvalue weighted by Gasteiger charge is 2.06. The Morgan fingerprint density at radius 2 is 2.21 bits per heavy atom.